The molecule has 1 saturated heterocycles. The van der Waals surface area contributed by atoms with Crippen LogP contribution in [0.5, 0.6) is 0 Å². The van der Waals surface area contributed by atoms with Crippen LogP contribution in [0.3, 0.4) is 0 Å². The summed E-state index contributed by atoms with van der Waals surface area (Å²) in [7, 11) is 1.69. The molecule has 2 rings (SSSR count). The maximum absolute atomic E-state index is 6.02. The molecule has 0 saturated carbocycles. The van der Waals surface area contributed by atoms with Crippen LogP contribution in [0.2, 0.25) is 10.0 Å². The summed E-state index contributed by atoms with van der Waals surface area (Å²) < 4.78 is 11.2. The summed E-state index contributed by atoms with van der Waals surface area (Å²) in [6, 6.07) is 5.55. The van der Waals surface area contributed by atoms with E-state index in [1.165, 1.54) is 0 Å². The number of hydrogen-bond donors (Lipinski definition) is 1. The molecule has 1 heterocycles. The highest BCUT2D eigenvalue weighted by Gasteiger charge is 2.26. The van der Waals surface area contributed by atoms with Crippen LogP contribution in [-0.4, -0.2) is 32.9 Å². The summed E-state index contributed by atoms with van der Waals surface area (Å²) in [5.41, 5.74) is 0.995. The predicted octanol–water partition coefficient (Wildman–Crippen LogP) is 2.67. The minimum Gasteiger partial charge on any atom is -0.377 e. The molecule has 1 fully saturated rings. The van der Waals surface area contributed by atoms with E-state index < -0.39 is 0 Å². The summed E-state index contributed by atoms with van der Waals surface area (Å²) in [5, 5.41) is 4.36. The van der Waals surface area contributed by atoms with Crippen molar-refractivity contribution in [3.63, 3.8) is 0 Å². The van der Waals surface area contributed by atoms with Crippen LogP contribution in [0.15, 0.2) is 18.2 Å². The van der Waals surface area contributed by atoms with Crippen LogP contribution in [0.25, 0.3) is 0 Å². The molecule has 1 aromatic rings. The fourth-order valence-corrected chi connectivity index (χ4v) is 2.23. The molecule has 1 aromatic carbocycles. The van der Waals surface area contributed by atoms with Gasteiger partial charge >= 0.3 is 0 Å². The average Bonchev–Trinajstić information content (AvgIpc) is 2.57. The van der Waals surface area contributed by atoms with Crippen molar-refractivity contribution in [1.29, 1.82) is 0 Å². The molecule has 0 amide bonds. The predicted molar refractivity (Wildman–Crippen MR) is 68.8 cm³/mol. The molecule has 2 atom stereocenters. The fourth-order valence-electron chi connectivity index (χ4n) is 1.92. The zero-order valence-electron chi connectivity index (χ0n) is 9.58. The first kappa shape index (κ1) is 13.1. The van der Waals surface area contributed by atoms with Crippen molar-refractivity contribution >= 4 is 23.2 Å². The molecule has 0 aromatic heterocycles. The number of nitrogens with one attached hydrogen (secondary N) is 1. The van der Waals surface area contributed by atoms with Gasteiger partial charge in [0.15, 0.2) is 0 Å². The van der Waals surface area contributed by atoms with E-state index in [9.17, 15) is 0 Å². The lowest BCUT2D eigenvalue weighted by molar-refractivity contribution is -0.0408. The van der Waals surface area contributed by atoms with E-state index >= 15 is 0 Å². The van der Waals surface area contributed by atoms with Gasteiger partial charge < -0.3 is 14.8 Å². The van der Waals surface area contributed by atoms with Gasteiger partial charge in [0, 0.05) is 20.2 Å². The largest absolute Gasteiger partial charge is 0.377 e. The van der Waals surface area contributed by atoms with Gasteiger partial charge in [-0.3, -0.25) is 0 Å². The van der Waals surface area contributed by atoms with Crippen LogP contribution in [0.4, 0.5) is 0 Å². The highest BCUT2D eigenvalue weighted by atomic mass is 35.5. The Balaban J connectivity index is 2.25. The zero-order valence-corrected chi connectivity index (χ0v) is 11.1. The van der Waals surface area contributed by atoms with Gasteiger partial charge in [-0.25, -0.2) is 0 Å². The number of ether oxygens (including phenoxy) is 2. The third-order valence-electron chi connectivity index (χ3n) is 2.83. The molecule has 0 radical (unpaired) electrons. The first-order valence-electron chi connectivity index (χ1n) is 5.52. The molecule has 94 valence electrons. The molecule has 3 nitrogen and oxygen atoms in total. The van der Waals surface area contributed by atoms with Gasteiger partial charge in [-0.1, -0.05) is 29.3 Å². The number of methoxy groups -OCH3 is 1. The fraction of sp³-hybridized carbons (Fsp3) is 0.500. The molecule has 1 N–H and O–H groups in total. The Labute approximate surface area is 111 Å². The number of rotatable bonds is 2. The highest BCUT2D eigenvalue weighted by molar-refractivity contribution is 6.42. The van der Waals surface area contributed by atoms with Gasteiger partial charge in [0.2, 0.25) is 0 Å². The Bertz CT molecular complexity index is 387. The maximum atomic E-state index is 6.02. The summed E-state index contributed by atoms with van der Waals surface area (Å²) >= 11 is 11.9. The minimum atomic E-state index is -0.107. The smallest absolute Gasteiger partial charge is 0.110 e. The third kappa shape index (κ3) is 3.12. The Morgan fingerprint density at radius 1 is 1.35 bits per heavy atom. The first-order chi connectivity index (χ1) is 8.22. The van der Waals surface area contributed by atoms with Gasteiger partial charge in [0.1, 0.15) is 6.10 Å². The lowest BCUT2D eigenvalue weighted by atomic mass is 10.0. The molecule has 1 aliphatic heterocycles. The Hall–Kier alpha value is -0.320. The lowest BCUT2D eigenvalue weighted by Crippen LogP contribution is -2.30. The normalized spacial score (nSPS) is 25.6. The van der Waals surface area contributed by atoms with Gasteiger partial charge in [-0.2, -0.15) is 0 Å². The van der Waals surface area contributed by atoms with Crippen molar-refractivity contribution in [3.8, 4) is 0 Å². The summed E-state index contributed by atoms with van der Waals surface area (Å²) in [6.07, 6.45) is -0.125. The second-order valence-corrected chi connectivity index (χ2v) is 4.76. The van der Waals surface area contributed by atoms with E-state index in [2.05, 4.69) is 5.32 Å². The highest BCUT2D eigenvalue weighted by Crippen LogP contribution is 2.30. The van der Waals surface area contributed by atoms with Crippen LogP contribution >= 0.6 is 23.2 Å². The molecule has 1 aliphatic rings. The number of benzene rings is 1. The first-order valence-corrected chi connectivity index (χ1v) is 6.28. The zero-order chi connectivity index (χ0) is 12.3. The number of hydrogen-bond acceptors (Lipinski definition) is 3. The van der Waals surface area contributed by atoms with Crippen LogP contribution in [-0.2, 0) is 9.47 Å². The molecule has 5 heteroatoms. The molecule has 0 bridgehead atoms. The molecule has 17 heavy (non-hydrogen) atoms. The SMILES string of the molecule is COC1CNCCOC1c1ccc(Cl)c(Cl)c1. The van der Waals surface area contributed by atoms with E-state index in [-0.39, 0.29) is 12.2 Å². The molecule has 0 aliphatic carbocycles. The van der Waals surface area contributed by atoms with Crippen LogP contribution in [0, 0.1) is 0 Å². The van der Waals surface area contributed by atoms with Crippen molar-refractivity contribution in [1.82, 2.24) is 5.32 Å². The van der Waals surface area contributed by atoms with E-state index in [4.69, 9.17) is 32.7 Å². The summed E-state index contributed by atoms with van der Waals surface area (Å²) in [6.45, 7) is 2.25. The van der Waals surface area contributed by atoms with Gasteiger partial charge in [-0.15, -0.1) is 0 Å². The Morgan fingerprint density at radius 3 is 2.88 bits per heavy atom. The van der Waals surface area contributed by atoms with Gasteiger partial charge in [0.05, 0.1) is 22.8 Å². The Morgan fingerprint density at radius 2 is 2.18 bits per heavy atom. The van der Waals surface area contributed by atoms with Gasteiger partial charge in [-0.05, 0) is 17.7 Å². The topological polar surface area (TPSA) is 30.5 Å². The second-order valence-electron chi connectivity index (χ2n) is 3.94. The van der Waals surface area contributed by atoms with Crippen LogP contribution < -0.4 is 5.32 Å². The van der Waals surface area contributed by atoms with E-state index in [0.717, 1.165) is 18.7 Å². The van der Waals surface area contributed by atoms with Gasteiger partial charge in [0.25, 0.3) is 0 Å². The van der Waals surface area contributed by atoms with Crippen molar-refractivity contribution in [2.45, 2.75) is 12.2 Å². The monoisotopic (exact) mass is 275 g/mol. The summed E-state index contributed by atoms with van der Waals surface area (Å²) in [4.78, 5) is 0. The quantitative estimate of drug-likeness (QED) is 0.900. The Kier molecular flexibility index (Phi) is 4.65. The second kappa shape index (κ2) is 6.03. The van der Waals surface area contributed by atoms with E-state index in [1.54, 1.807) is 13.2 Å². The standard InChI is InChI=1S/C12H15Cl2NO2/c1-16-11-7-15-4-5-17-12(11)8-2-3-9(13)10(14)6-8/h2-3,6,11-12,15H,4-5,7H2,1H3. The van der Waals surface area contributed by atoms with Crippen LogP contribution in [0.1, 0.15) is 11.7 Å². The third-order valence-corrected chi connectivity index (χ3v) is 3.57. The molecular formula is C12H15Cl2NO2. The lowest BCUT2D eigenvalue weighted by Gasteiger charge is -2.24. The molecular weight excluding hydrogens is 261 g/mol. The maximum Gasteiger partial charge on any atom is 0.110 e. The minimum absolute atomic E-state index is 0.0188. The number of halogens is 2. The van der Waals surface area contributed by atoms with Crippen molar-refractivity contribution in [3.05, 3.63) is 33.8 Å². The van der Waals surface area contributed by atoms with Crippen molar-refractivity contribution < 1.29 is 9.47 Å². The molecule has 0 spiro atoms. The summed E-state index contributed by atoms with van der Waals surface area (Å²) in [5.74, 6) is 0. The van der Waals surface area contributed by atoms with E-state index in [0.29, 0.717) is 16.7 Å². The average molecular weight is 276 g/mol. The van der Waals surface area contributed by atoms with E-state index in [1.807, 2.05) is 12.1 Å². The molecule has 2 unspecified atom stereocenters. The van der Waals surface area contributed by atoms with Crippen molar-refractivity contribution in [2.24, 2.45) is 0 Å². The van der Waals surface area contributed by atoms with Crippen molar-refractivity contribution in [2.75, 3.05) is 26.8 Å².